The van der Waals surface area contributed by atoms with Gasteiger partial charge < -0.3 is 14.5 Å². The van der Waals surface area contributed by atoms with E-state index in [1.165, 1.54) is 33.4 Å². The van der Waals surface area contributed by atoms with Crippen molar-refractivity contribution in [1.29, 1.82) is 0 Å². The maximum absolute atomic E-state index is 6.64. The highest BCUT2D eigenvalue weighted by atomic mass is 16.5. The van der Waals surface area contributed by atoms with Crippen molar-refractivity contribution in [3.63, 3.8) is 0 Å². The number of benzene rings is 7. The lowest BCUT2D eigenvalue weighted by Gasteiger charge is -2.46. The first-order chi connectivity index (χ1) is 23.6. The molecule has 0 spiro atoms. The van der Waals surface area contributed by atoms with Crippen LogP contribution in [0.2, 0.25) is 0 Å². The number of fused-ring (bicyclic) bond motifs is 4. The Morgan fingerprint density at radius 2 is 1.10 bits per heavy atom. The van der Waals surface area contributed by atoms with E-state index < -0.39 is 0 Å². The van der Waals surface area contributed by atoms with Crippen LogP contribution in [0.25, 0.3) is 22.3 Å². The van der Waals surface area contributed by atoms with Gasteiger partial charge >= 0.3 is 0 Å². The van der Waals surface area contributed by atoms with Crippen molar-refractivity contribution >= 4 is 34.1 Å². The number of nitrogens with zero attached hydrogens (tertiary/aromatic N) is 2. The lowest BCUT2D eigenvalue weighted by Crippen LogP contribution is -2.33. The monoisotopic (exact) mass is 618 g/mol. The van der Waals surface area contributed by atoms with Crippen LogP contribution < -0.4 is 14.5 Å². The summed E-state index contributed by atoms with van der Waals surface area (Å²) in [5.74, 6) is 1.73. The first-order valence-corrected chi connectivity index (χ1v) is 16.5. The third-order valence-corrected chi connectivity index (χ3v) is 9.78. The Kier molecular flexibility index (Phi) is 6.48. The zero-order chi connectivity index (χ0) is 32.2. The second kappa shape index (κ2) is 11.0. The van der Waals surface area contributed by atoms with E-state index in [0.717, 1.165) is 45.6 Å². The van der Waals surface area contributed by atoms with Crippen LogP contribution in [0, 0.1) is 0 Å². The van der Waals surface area contributed by atoms with Crippen LogP contribution in [0.5, 0.6) is 11.5 Å². The summed E-state index contributed by atoms with van der Waals surface area (Å²) in [6.07, 6.45) is 0. The predicted molar refractivity (Wildman–Crippen MR) is 199 cm³/mol. The van der Waals surface area contributed by atoms with Crippen LogP contribution in [0.3, 0.4) is 0 Å². The number of anilines is 6. The van der Waals surface area contributed by atoms with Crippen LogP contribution in [0.1, 0.15) is 25.0 Å². The minimum Gasteiger partial charge on any atom is -0.453 e. The SMILES string of the molecule is CC1(C)c2ccc(N(c3ccccc3)c3cccc(-c4ccccc4)c3)cc2N2c3ccccc3Oc3ccc(-c4ccccc4)c1c32. The van der Waals surface area contributed by atoms with E-state index in [-0.39, 0.29) is 5.41 Å². The third kappa shape index (κ3) is 4.43. The van der Waals surface area contributed by atoms with Crippen molar-refractivity contribution < 1.29 is 4.74 Å². The molecule has 7 aromatic carbocycles. The Hall–Kier alpha value is -6.06. The molecule has 0 N–H and O–H groups in total. The first-order valence-electron chi connectivity index (χ1n) is 16.5. The van der Waals surface area contributed by atoms with E-state index in [1.807, 2.05) is 6.07 Å². The molecule has 0 unspecified atom stereocenters. The van der Waals surface area contributed by atoms with Gasteiger partial charge in [0, 0.05) is 22.5 Å². The molecular weight excluding hydrogens is 585 g/mol. The molecule has 0 fully saturated rings. The summed E-state index contributed by atoms with van der Waals surface area (Å²) >= 11 is 0. The number of ether oxygens (including phenoxy) is 1. The fraction of sp³-hybridized carbons (Fsp3) is 0.0667. The van der Waals surface area contributed by atoms with Gasteiger partial charge in [-0.15, -0.1) is 0 Å². The van der Waals surface area contributed by atoms with Gasteiger partial charge in [0.05, 0.1) is 17.1 Å². The zero-order valence-corrected chi connectivity index (χ0v) is 27.0. The van der Waals surface area contributed by atoms with Crippen molar-refractivity contribution in [3.8, 4) is 33.8 Å². The Balaban J connectivity index is 1.28. The lowest BCUT2D eigenvalue weighted by molar-refractivity contribution is 0.471. The highest BCUT2D eigenvalue weighted by Gasteiger charge is 2.43. The summed E-state index contributed by atoms with van der Waals surface area (Å²) < 4.78 is 6.64. The maximum Gasteiger partial charge on any atom is 0.151 e. The van der Waals surface area contributed by atoms with Crippen LogP contribution in [-0.2, 0) is 5.41 Å². The highest BCUT2D eigenvalue weighted by Crippen LogP contribution is 2.62. The van der Waals surface area contributed by atoms with Crippen molar-refractivity contribution in [2.45, 2.75) is 19.3 Å². The molecule has 7 aromatic rings. The van der Waals surface area contributed by atoms with Gasteiger partial charge in [0.2, 0.25) is 0 Å². The van der Waals surface area contributed by atoms with Crippen molar-refractivity contribution in [1.82, 2.24) is 0 Å². The van der Waals surface area contributed by atoms with Gasteiger partial charge in [-0.1, -0.05) is 129 Å². The molecule has 48 heavy (non-hydrogen) atoms. The minimum atomic E-state index is -0.304. The summed E-state index contributed by atoms with van der Waals surface area (Å²) in [6.45, 7) is 4.70. The van der Waals surface area contributed by atoms with Crippen LogP contribution in [0.15, 0.2) is 170 Å². The number of para-hydroxylation sites is 3. The van der Waals surface area contributed by atoms with Gasteiger partial charge in [-0.2, -0.15) is 0 Å². The smallest absolute Gasteiger partial charge is 0.151 e. The fourth-order valence-electron chi connectivity index (χ4n) is 7.57. The molecule has 9 rings (SSSR count). The summed E-state index contributed by atoms with van der Waals surface area (Å²) in [4.78, 5) is 4.80. The summed E-state index contributed by atoms with van der Waals surface area (Å²) in [5.41, 5.74) is 13.7. The molecule has 2 aliphatic heterocycles. The molecule has 0 saturated heterocycles. The van der Waals surface area contributed by atoms with Crippen LogP contribution in [-0.4, -0.2) is 0 Å². The van der Waals surface area contributed by atoms with Gasteiger partial charge in [-0.25, -0.2) is 0 Å². The fourth-order valence-corrected chi connectivity index (χ4v) is 7.57. The molecule has 0 bridgehead atoms. The van der Waals surface area contributed by atoms with E-state index in [4.69, 9.17) is 4.74 Å². The Bertz CT molecular complexity index is 2290. The van der Waals surface area contributed by atoms with E-state index >= 15 is 0 Å². The molecule has 0 saturated carbocycles. The van der Waals surface area contributed by atoms with E-state index in [2.05, 4.69) is 187 Å². The maximum atomic E-state index is 6.64. The summed E-state index contributed by atoms with van der Waals surface area (Å²) in [5, 5.41) is 0. The third-order valence-electron chi connectivity index (χ3n) is 9.78. The second-order valence-corrected chi connectivity index (χ2v) is 13.0. The largest absolute Gasteiger partial charge is 0.453 e. The summed E-state index contributed by atoms with van der Waals surface area (Å²) in [7, 11) is 0. The van der Waals surface area contributed by atoms with Crippen molar-refractivity contribution in [2.75, 3.05) is 9.80 Å². The molecule has 3 heteroatoms. The molecule has 230 valence electrons. The average Bonchev–Trinajstić information content (AvgIpc) is 3.14. The average molecular weight is 619 g/mol. The Labute approximate surface area is 281 Å². The highest BCUT2D eigenvalue weighted by molar-refractivity contribution is 5.98. The number of hydrogen-bond donors (Lipinski definition) is 0. The molecule has 2 heterocycles. The van der Waals surface area contributed by atoms with E-state index in [9.17, 15) is 0 Å². The molecule has 3 nitrogen and oxygen atoms in total. The van der Waals surface area contributed by atoms with Crippen LogP contribution >= 0.6 is 0 Å². The van der Waals surface area contributed by atoms with Gasteiger partial charge in [0.15, 0.2) is 11.5 Å². The van der Waals surface area contributed by atoms with Gasteiger partial charge in [-0.3, -0.25) is 0 Å². The second-order valence-electron chi connectivity index (χ2n) is 13.0. The van der Waals surface area contributed by atoms with Gasteiger partial charge in [0.1, 0.15) is 0 Å². The van der Waals surface area contributed by atoms with Gasteiger partial charge in [-0.05, 0) is 88.0 Å². The molecular formula is C45H34N2O. The van der Waals surface area contributed by atoms with Crippen molar-refractivity contribution in [2.24, 2.45) is 0 Å². The molecule has 2 aliphatic rings. The summed E-state index contributed by atoms with van der Waals surface area (Å²) in [6, 6.07) is 60.5. The predicted octanol–water partition coefficient (Wildman–Crippen LogP) is 12.7. The quantitative estimate of drug-likeness (QED) is 0.191. The molecule has 0 atom stereocenters. The van der Waals surface area contributed by atoms with E-state index in [0.29, 0.717) is 0 Å². The van der Waals surface area contributed by atoms with Crippen molar-refractivity contribution in [3.05, 3.63) is 181 Å². The van der Waals surface area contributed by atoms with E-state index in [1.54, 1.807) is 0 Å². The van der Waals surface area contributed by atoms with Gasteiger partial charge in [0.25, 0.3) is 0 Å². The molecule has 0 aliphatic carbocycles. The minimum absolute atomic E-state index is 0.304. The zero-order valence-electron chi connectivity index (χ0n) is 27.0. The number of rotatable bonds is 5. The Morgan fingerprint density at radius 1 is 0.479 bits per heavy atom. The first kappa shape index (κ1) is 28.2. The molecule has 0 amide bonds. The standard InChI is InChI=1S/C45H34N2O/c1-45(2)38-27-25-36(46(34-20-10-5-11-21-34)35-22-14-19-33(29-35)31-15-6-3-7-16-31)30-40(38)47-39-23-12-13-24-41(39)48-42-28-26-37(43(45)44(42)47)32-17-8-4-9-18-32/h3-30H,1-2H3. The normalized spacial score (nSPS) is 13.5. The molecule has 0 radical (unpaired) electrons. The number of hydrogen-bond acceptors (Lipinski definition) is 3. The van der Waals surface area contributed by atoms with Crippen LogP contribution in [0.4, 0.5) is 34.1 Å². The topological polar surface area (TPSA) is 15.7 Å². The Morgan fingerprint density at radius 3 is 1.88 bits per heavy atom. The lowest BCUT2D eigenvalue weighted by atomic mass is 9.70. The molecule has 0 aromatic heterocycles.